The zero-order chi connectivity index (χ0) is 41.5. The molecular formula is C50H98O7. The second-order valence-electron chi connectivity index (χ2n) is 17.4. The maximum absolute atomic E-state index is 12.0. The summed E-state index contributed by atoms with van der Waals surface area (Å²) in [7, 11) is 0. The Balaban J connectivity index is 3.41. The van der Waals surface area contributed by atoms with Gasteiger partial charge < -0.3 is 24.4 Å². The second kappa shape index (κ2) is 47.5. The summed E-state index contributed by atoms with van der Waals surface area (Å²) >= 11 is 0. The van der Waals surface area contributed by atoms with Gasteiger partial charge in [-0.15, -0.1) is 0 Å². The molecule has 0 saturated carbocycles. The van der Waals surface area contributed by atoms with Gasteiger partial charge in [-0.3, -0.25) is 9.59 Å². The van der Waals surface area contributed by atoms with Crippen molar-refractivity contribution in [3.8, 4) is 0 Å². The molecule has 0 aromatic rings. The molecule has 0 aromatic heterocycles. The molecule has 0 spiro atoms. The van der Waals surface area contributed by atoms with Crippen molar-refractivity contribution < 1.29 is 34.0 Å². The molecule has 0 heterocycles. The highest BCUT2D eigenvalue weighted by atomic mass is 16.6. The van der Waals surface area contributed by atoms with Gasteiger partial charge in [0.05, 0.1) is 13.2 Å². The Morgan fingerprint density at radius 2 is 0.509 bits per heavy atom. The highest BCUT2D eigenvalue weighted by molar-refractivity contribution is 5.69. The van der Waals surface area contributed by atoms with E-state index < -0.39 is 12.2 Å². The lowest BCUT2D eigenvalue weighted by molar-refractivity contribution is -0.149. The highest BCUT2D eigenvalue weighted by Crippen LogP contribution is 2.17. The monoisotopic (exact) mass is 811 g/mol. The van der Waals surface area contributed by atoms with Gasteiger partial charge in [0, 0.05) is 12.8 Å². The number of aliphatic hydroxyl groups excluding tert-OH is 2. The summed E-state index contributed by atoms with van der Waals surface area (Å²) < 4.78 is 15.7. The lowest BCUT2D eigenvalue weighted by atomic mass is 10.0. The Bertz CT molecular complexity index is 742. The SMILES string of the molecule is CCCCCCCCCCCCCCCCCCCCCC(=O)OCC(O)COCC(O)COC(=O)CCCCCCCCCCCCCCCCCCCCC. The smallest absolute Gasteiger partial charge is 0.305 e. The van der Waals surface area contributed by atoms with Crippen LogP contribution in [0.4, 0.5) is 0 Å². The maximum Gasteiger partial charge on any atom is 0.305 e. The van der Waals surface area contributed by atoms with Gasteiger partial charge in [-0.25, -0.2) is 0 Å². The molecular weight excluding hydrogens is 713 g/mol. The van der Waals surface area contributed by atoms with Gasteiger partial charge in [0.25, 0.3) is 0 Å². The number of ether oxygens (including phenoxy) is 3. The Morgan fingerprint density at radius 1 is 0.316 bits per heavy atom. The lowest BCUT2D eigenvalue weighted by Crippen LogP contribution is -2.28. The molecule has 2 unspecified atom stereocenters. The van der Waals surface area contributed by atoms with Crippen LogP contribution in [0.5, 0.6) is 0 Å². The van der Waals surface area contributed by atoms with Crippen molar-refractivity contribution in [2.24, 2.45) is 0 Å². The van der Waals surface area contributed by atoms with Crippen LogP contribution in [0.25, 0.3) is 0 Å². The van der Waals surface area contributed by atoms with E-state index in [4.69, 9.17) is 14.2 Å². The molecule has 0 saturated heterocycles. The van der Waals surface area contributed by atoms with Crippen LogP contribution in [0, 0.1) is 0 Å². The van der Waals surface area contributed by atoms with Gasteiger partial charge in [-0.05, 0) is 12.8 Å². The third kappa shape index (κ3) is 47.4. The lowest BCUT2D eigenvalue weighted by Gasteiger charge is -2.15. The normalized spacial score (nSPS) is 12.6. The van der Waals surface area contributed by atoms with Gasteiger partial charge >= 0.3 is 11.9 Å². The predicted molar refractivity (Wildman–Crippen MR) is 241 cm³/mol. The number of carbonyl (C=O) groups excluding carboxylic acids is 2. The molecule has 0 bridgehead atoms. The molecule has 0 aliphatic heterocycles. The van der Waals surface area contributed by atoms with Gasteiger partial charge in [0.15, 0.2) is 0 Å². The van der Waals surface area contributed by atoms with Crippen molar-refractivity contribution in [3.63, 3.8) is 0 Å². The average Bonchev–Trinajstić information content (AvgIpc) is 3.21. The quantitative estimate of drug-likeness (QED) is 0.0466. The molecule has 0 rings (SSSR count). The van der Waals surface area contributed by atoms with E-state index in [1.54, 1.807) is 0 Å². The van der Waals surface area contributed by atoms with Crippen molar-refractivity contribution in [2.45, 2.75) is 283 Å². The molecule has 2 atom stereocenters. The Labute approximate surface area is 354 Å². The number of unbranched alkanes of at least 4 members (excludes halogenated alkanes) is 36. The van der Waals surface area contributed by atoms with Crippen LogP contribution in [0.1, 0.15) is 271 Å². The van der Waals surface area contributed by atoms with Crippen LogP contribution in [0.3, 0.4) is 0 Å². The molecule has 7 heteroatoms. The van der Waals surface area contributed by atoms with E-state index in [0.29, 0.717) is 12.8 Å². The summed E-state index contributed by atoms with van der Waals surface area (Å²) in [5.74, 6) is -0.587. The van der Waals surface area contributed by atoms with Crippen molar-refractivity contribution in [1.82, 2.24) is 0 Å². The molecule has 0 amide bonds. The molecule has 0 fully saturated rings. The zero-order valence-electron chi connectivity index (χ0n) is 38.2. The number of aliphatic hydroxyl groups is 2. The minimum Gasteiger partial charge on any atom is -0.463 e. The van der Waals surface area contributed by atoms with E-state index in [2.05, 4.69) is 13.8 Å². The van der Waals surface area contributed by atoms with E-state index >= 15 is 0 Å². The number of rotatable bonds is 48. The Morgan fingerprint density at radius 3 is 0.719 bits per heavy atom. The van der Waals surface area contributed by atoms with Crippen LogP contribution in [0.15, 0.2) is 0 Å². The van der Waals surface area contributed by atoms with Crippen molar-refractivity contribution in [1.29, 1.82) is 0 Å². The largest absolute Gasteiger partial charge is 0.463 e. The van der Waals surface area contributed by atoms with Gasteiger partial charge in [-0.1, -0.05) is 245 Å². The summed E-state index contributed by atoms with van der Waals surface area (Å²) in [4.78, 5) is 24.1. The van der Waals surface area contributed by atoms with Crippen LogP contribution < -0.4 is 0 Å². The highest BCUT2D eigenvalue weighted by Gasteiger charge is 2.13. The number of hydrogen-bond acceptors (Lipinski definition) is 7. The Kier molecular flexibility index (Phi) is 46.5. The minimum absolute atomic E-state index is 0.0586. The minimum atomic E-state index is -0.955. The van der Waals surface area contributed by atoms with E-state index in [1.807, 2.05) is 0 Å². The fourth-order valence-corrected chi connectivity index (χ4v) is 7.65. The molecule has 0 aliphatic carbocycles. The molecule has 0 radical (unpaired) electrons. The van der Waals surface area contributed by atoms with Gasteiger partial charge in [0.2, 0.25) is 0 Å². The van der Waals surface area contributed by atoms with E-state index in [9.17, 15) is 19.8 Å². The summed E-state index contributed by atoms with van der Waals surface area (Å²) in [6.45, 7) is 4.20. The summed E-state index contributed by atoms with van der Waals surface area (Å²) in [6, 6.07) is 0. The van der Waals surface area contributed by atoms with Crippen LogP contribution in [-0.4, -0.2) is 60.8 Å². The fourth-order valence-electron chi connectivity index (χ4n) is 7.65. The molecule has 2 N–H and O–H groups in total. The van der Waals surface area contributed by atoms with Crippen LogP contribution >= 0.6 is 0 Å². The topological polar surface area (TPSA) is 102 Å². The summed E-state index contributed by atoms with van der Waals surface area (Å²) in [6.07, 6.45) is 48.9. The molecule has 7 nitrogen and oxygen atoms in total. The van der Waals surface area contributed by atoms with Crippen LogP contribution in [0.2, 0.25) is 0 Å². The van der Waals surface area contributed by atoms with Crippen molar-refractivity contribution >= 4 is 11.9 Å². The number of carbonyl (C=O) groups is 2. The molecule has 57 heavy (non-hydrogen) atoms. The predicted octanol–water partition coefficient (Wildman–Crippen LogP) is 14.5. The third-order valence-electron chi connectivity index (χ3n) is 11.5. The Hall–Kier alpha value is -1.18. The first-order valence-corrected chi connectivity index (χ1v) is 25.2. The standard InChI is InChI=1S/C50H98O7/c1-3-5-7-9-11-13-15-17-19-21-23-25-27-29-31-33-35-37-39-41-49(53)56-45-47(51)43-55-44-48(52)46-57-50(54)42-40-38-36-34-32-30-28-26-24-22-20-18-16-14-12-10-8-6-4-2/h47-48,51-52H,3-46H2,1-2H3. The first kappa shape index (κ1) is 55.8. The first-order valence-electron chi connectivity index (χ1n) is 25.2. The third-order valence-corrected chi connectivity index (χ3v) is 11.5. The van der Waals surface area contributed by atoms with Crippen molar-refractivity contribution in [2.75, 3.05) is 26.4 Å². The van der Waals surface area contributed by atoms with E-state index in [0.717, 1.165) is 38.5 Å². The maximum atomic E-state index is 12.0. The fraction of sp³-hybridized carbons (Fsp3) is 0.960. The zero-order valence-corrected chi connectivity index (χ0v) is 38.2. The number of esters is 2. The summed E-state index contributed by atoms with van der Waals surface area (Å²) in [5.41, 5.74) is 0. The van der Waals surface area contributed by atoms with Gasteiger partial charge in [-0.2, -0.15) is 0 Å². The molecule has 340 valence electrons. The van der Waals surface area contributed by atoms with E-state index in [-0.39, 0.29) is 38.4 Å². The number of hydrogen-bond donors (Lipinski definition) is 2. The molecule has 0 aliphatic rings. The average molecular weight is 811 g/mol. The second-order valence-corrected chi connectivity index (χ2v) is 17.4. The summed E-state index contributed by atoms with van der Waals surface area (Å²) in [5, 5.41) is 20.2. The van der Waals surface area contributed by atoms with E-state index in [1.165, 1.54) is 205 Å². The molecule has 0 aromatic carbocycles. The first-order chi connectivity index (χ1) is 28.0. The van der Waals surface area contributed by atoms with Crippen molar-refractivity contribution in [3.05, 3.63) is 0 Å². The van der Waals surface area contributed by atoms with Gasteiger partial charge in [0.1, 0.15) is 25.4 Å². The van der Waals surface area contributed by atoms with Crippen LogP contribution in [-0.2, 0) is 23.8 Å².